The van der Waals surface area contributed by atoms with E-state index in [-0.39, 0.29) is 0 Å². The molecule has 1 unspecified atom stereocenters. The van der Waals surface area contributed by atoms with Gasteiger partial charge in [-0.15, -0.1) is 0 Å². The van der Waals surface area contributed by atoms with Crippen LogP contribution in [0.2, 0.25) is 0 Å². The summed E-state index contributed by atoms with van der Waals surface area (Å²) in [6, 6.07) is -1.46. The maximum absolute atomic E-state index is 13.6. The van der Waals surface area contributed by atoms with Crippen LogP contribution < -0.4 is 5.32 Å². The summed E-state index contributed by atoms with van der Waals surface area (Å²) in [7, 11) is 0. The number of aliphatic hydroxyl groups is 2. The number of halogens is 2. The predicted octanol–water partition coefficient (Wildman–Crippen LogP) is -1.19. The number of ether oxygens (including phenoxy) is 1. The second-order valence-electron chi connectivity index (χ2n) is 3.48. The summed E-state index contributed by atoms with van der Waals surface area (Å²) in [6.45, 7) is 0.417. The molecule has 1 heterocycles. The second-order valence-corrected chi connectivity index (χ2v) is 3.48. The lowest BCUT2D eigenvalue weighted by atomic mass is 9.98. The van der Waals surface area contributed by atoms with Gasteiger partial charge in [0.25, 0.3) is 0 Å². The monoisotopic (exact) mass is 241 g/mol. The van der Waals surface area contributed by atoms with E-state index in [4.69, 9.17) is 9.84 Å². The molecule has 0 aromatic rings. The van der Waals surface area contributed by atoms with E-state index in [0.717, 1.165) is 6.92 Å². The van der Waals surface area contributed by atoms with E-state index in [1.807, 2.05) is 0 Å². The van der Waals surface area contributed by atoms with E-state index in [0.29, 0.717) is 0 Å². The Morgan fingerprint density at radius 1 is 1.62 bits per heavy atom. The molecule has 1 fully saturated rings. The molecule has 1 amide bonds. The Balaban J connectivity index is 2.77. The molecule has 1 aliphatic heterocycles. The summed E-state index contributed by atoms with van der Waals surface area (Å²) in [6.07, 6.45) is -6.64. The van der Waals surface area contributed by atoms with E-state index in [9.17, 15) is 18.8 Å². The third-order valence-electron chi connectivity index (χ3n) is 2.29. The predicted molar refractivity (Wildman–Crippen MR) is 46.4 cm³/mol. The first-order chi connectivity index (χ1) is 7.51. The van der Waals surface area contributed by atoms with Crippen LogP contribution >= 0.6 is 0 Å². The zero-order valence-corrected chi connectivity index (χ0v) is 8.47. The van der Waals surface area contributed by atoms with E-state index >= 15 is 0 Å². The fraction of sp³-hybridized carbons (Fsp3) is 0.875. The summed E-state index contributed by atoms with van der Waals surface area (Å²) in [5, 5.41) is 20.2. The highest BCUT2D eigenvalue weighted by Crippen LogP contribution is 2.24. The lowest BCUT2D eigenvalue weighted by Gasteiger charge is -2.39. The molecule has 6 nitrogen and oxygen atoms in total. The van der Waals surface area contributed by atoms with Crippen molar-refractivity contribution < 1.29 is 33.6 Å². The Kier molecular flexibility index (Phi) is 4.54. The van der Waals surface area contributed by atoms with Gasteiger partial charge in [0, 0.05) is 6.92 Å². The van der Waals surface area contributed by atoms with Gasteiger partial charge < -0.3 is 20.3 Å². The highest BCUT2D eigenvalue weighted by atomic mass is 19.3. The van der Waals surface area contributed by atoms with Crippen molar-refractivity contribution in [1.29, 1.82) is 0 Å². The Hall–Kier alpha value is -0.830. The Bertz CT molecular complexity index is 253. The van der Waals surface area contributed by atoms with Crippen LogP contribution in [0.4, 0.5) is 8.92 Å². The number of rotatable bonds is 3. The van der Waals surface area contributed by atoms with Crippen molar-refractivity contribution >= 4 is 5.91 Å². The van der Waals surface area contributed by atoms with Gasteiger partial charge in [-0.3, -0.25) is 4.79 Å². The van der Waals surface area contributed by atoms with Crippen LogP contribution in [0.25, 0.3) is 0 Å². The third-order valence-corrected chi connectivity index (χ3v) is 2.29. The smallest absolute Gasteiger partial charge is 0.220 e. The molecule has 0 aliphatic carbocycles. The van der Waals surface area contributed by atoms with Gasteiger partial charge in [-0.2, -0.15) is 4.94 Å². The molecule has 8 heteroatoms. The van der Waals surface area contributed by atoms with Crippen molar-refractivity contribution in [3.63, 3.8) is 0 Å². The topological polar surface area (TPSA) is 88.0 Å². The Morgan fingerprint density at radius 3 is 2.69 bits per heavy atom. The summed E-state index contributed by atoms with van der Waals surface area (Å²) < 4.78 is 30.4. The maximum atomic E-state index is 13.6. The van der Waals surface area contributed by atoms with Gasteiger partial charge in [0.1, 0.15) is 18.2 Å². The van der Waals surface area contributed by atoms with Crippen molar-refractivity contribution in [2.24, 2.45) is 0 Å². The summed E-state index contributed by atoms with van der Waals surface area (Å²) in [4.78, 5) is 14.1. The van der Waals surface area contributed by atoms with Gasteiger partial charge in [0.05, 0.1) is 6.61 Å². The van der Waals surface area contributed by atoms with Crippen molar-refractivity contribution in [2.75, 3.05) is 6.61 Å². The number of hydrogen-bond donors (Lipinski definition) is 3. The van der Waals surface area contributed by atoms with Crippen LogP contribution in [0.15, 0.2) is 0 Å². The van der Waals surface area contributed by atoms with Gasteiger partial charge in [0.2, 0.25) is 12.2 Å². The van der Waals surface area contributed by atoms with Crippen LogP contribution in [0.5, 0.6) is 0 Å². The highest BCUT2D eigenvalue weighted by Gasteiger charge is 2.47. The van der Waals surface area contributed by atoms with Gasteiger partial charge in [-0.25, -0.2) is 4.39 Å². The minimum atomic E-state index is -1.99. The number of nitrogens with one attached hydrogen (secondary N) is 1. The van der Waals surface area contributed by atoms with Gasteiger partial charge in [-0.1, -0.05) is 0 Å². The first-order valence-corrected chi connectivity index (χ1v) is 4.64. The van der Waals surface area contributed by atoms with E-state index in [2.05, 4.69) is 10.3 Å². The summed E-state index contributed by atoms with van der Waals surface area (Å²) >= 11 is 0. The molecule has 0 spiro atoms. The largest absolute Gasteiger partial charge is 0.394 e. The minimum Gasteiger partial charge on any atom is -0.394 e. The van der Waals surface area contributed by atoms with Gasteiger partial charge in [0.15, 0.2) is 6.17 Å². The standard InChI is InChI=1S/C8H13F2NO5/c1-3(13)11-6-5(9)7(14)4(2-12)15-8(6)16-10/h4-8,12,14H,2H2,1H3,(H,11,13)/t4-,5-,6+,7-,8?/m1/s1. The molecule has 0 aromatic carbocycles. The summed E-state index contributed by atoms with van der Waals surface area (Å²) in [5.74, 6) is -0.618. The van der Waals surface area contributed by atoms with Crippen LogP contribution in [0.1, 0.15) is 6.92 Å². The molecule has 0 saturated carbocycles. The molecule has 0 bridgehead atoms. The minimum absolute atomic E-state index is 0.618. The van der Waals surface area contributed by atoms with Gasteiger partial charge >= 0.3 is 0 Å². The number of carbonyl (C=O) groups excluding carboxylic acids is 1. The quantitative estimate of drug-likeness (QED) is 0.578. The molecule has 0 radical (unpaired) electrons. The lowest BCUT2D eigenvalue weighted by Crippen LogP contribution is -2.62. The average Bonchev–Trinajstić information content (AvgIpc) is 2.25. The SMILES string of the molecule is CC(=O)N[C@@H]1C(OF)O[C@H](CO)[C@@H](O)[C@@H]1F. The summed E-state index contributed by atoms with van der Waals surface area (Å²) in [5.41, 5.74) is 0. The zero-order valence-electron chi connectivity index (χ0n) is 8.47. The average molecular weight is 241 g/mol. The molecule has 1 rings (SSSR count). The fourth-order valence-electron chi connectivity index (χ4n) is 1.51. The number of hydrogen-bond acceptors (Lipinski definition) is 5. The first kappa shape index (κ1) is 13.2. The molecular weight excluding hydrogens is 228 g/mol. The van der Waals surface area contributed by atoms with E-state index in [1.54, 1.807) is 0 Å². The molecule has 3 N–H and O–H groups in total. The third kappa shape index (κ3) is 2.64. The van der Waals surface area contributed by atoms with Crippen LogP contribution in [0.3, 0.4) is 0 Å². The van der Waals surface area contributed by atoms with Crippen LogP contribution in [-0.4, -0.2) is 53.4 Å². The van der Waals surface area contributed by atoms with Gasteiger partial charge in [-0.05, 0) is 4.53 Å². The lowest BCUT2D eigenvalue weighted by molar-refractivity contribution is -0.333. The van der Waals surface area contributed by atoms with Crippen LogP contribution in [0, 0.1) is 0 Å². The number of alkyl halides is 1. The number of amides is 1. The normalized spacial score (nSPS) is 39.4. The highest BCUT2D eigenvalue weighted by molar-refractivity contribution is 5.73. The first-order valence-electron chi connectivity index (χ1n) is 4.64. The van der Waals surface area contributed by atoms with Crippen LogP contribution in [-0.2, 0) is 14.5 Å². The van der Waals surface area contributed by atoms with Crippen molar-refractivity contribution in [3.05, 3.63) is 0 Å². The molecule has 5 atom stereocenters. The zero-order chi connectivity index (χ0) is 12.3. The number of aliphatic hydroxyl groups excluding tert-OH is 2. The molecule has 16 heavy (non-hydrogen) atoms. The van der Waals surface area contributed by atoms with Crippen molar-refractivity contribution in [2.45, 2.75) is 37.6 Å². The number of carbonyl (C=O) groups is 1. The Labute approximate surface area is 90.0 Å². The van der Waals surface area contributed by atoms with Crippen molar-refractivity contribution in [3.8, 4) is 0 Å². The maximum Gasteiger partial charge on any atom is 0.220 e. The molecule has 1 saturated heterocycles. The van der Waals surface area contributed by atoms with Crippen molar-refractivity contribution in [1.82, 2.24) is 5.32 Å². The second kappa shape index (κ2) is 5.48. The fourth-order valence-corrected chi connectivity index (χ4v) is 1.51. The Morgan fingerprint density at radius 2 is 2.25 bits per heavy atom. The molecule has 94 valence electrons. The van der Waals surface area contributed by atoms with E-state index < -0.39 is 43.2 Å². The van der Waals surface area contributed by atoms with E-state index in [1.165, 1.54) is 0 Å². The molecule has 1 aliphatic rings. The molecular formula is C8H13F2NO5. The molecule has 0 aromatic heterocycles.